The fourth-order valence-corrected chi connectivity index (χ4v) is 3.32. The van der Waals surface area contributed by atoms with Gasteiger partial charge in [0.05, 0.1) is 11.4 Å². The summed E-state index contributed by atoms with van der Waals surface area (Å²) in [5.41, 5.74) is 19.9. The van der Waals surface area contributed by atoms with Crippen molar-refractivity contribution in [2.75, 3.05) is 11.1 Å². The minimum Gasteiger partial charge on any atom is -0.397 e. The lowest BCUT2D eigenvalue weighted by atomic mass is 10.0. The molecule has 0 aliphatic rings. The Morgan fingerprint density at radius 1 is 1.00 bits per heavy atom. The van der Waals surface area contributed by atoms with Crippen molar-refractivity contribution in [2.45, 2.75) is 6.04 Å². The second kappa shape index (κ2) is 7.28. The van der Waals surface area contributed by atoms with Crippen LogP contribution in [0.4, 0.5) is 11.4 Å². The minimum atomic E-state index is -0.794. The molecule has 0 saturated heterocycles. The number of nitrogens with two attached hydrogens (primary N) is 3. The molecule has 3 aromatic rings. The first-order chi connectivity index (χ1) is 12.5. The van der Waals surface area contributed by atoms with Crippen LogP contribution in [0.15, 0.2) is 60.0 Å². The van der Waals surface area contributed by atoms with Gasteiger partial charge in [0, 0.05) is 10.4 Å². The summed E-state index contributed by atoms with van der Waals surface area (Å²) in [7, 11) is 0. The third kappa shape index (κ3) is 3.68. The van der Waals surface area contributed by atoms with Gasteiger partial charge in [0.15, 0.2) is 0 Å². The number of benzene rings is 2. The Balaban J connectivity index is 1.92. The van der Waals surface area contributed by atoms with E-state index in [4.69, 9.17) is 17.2 Å². The van der Waals surface area contributed by atoms with Gasteiger partial charge in [0.2, 0.25) is 11.8 Å². The van der Waals surface area contributed by atoms with Crippen LogP contribution in [0, 0.1) is 0 Å². The summed E-state index contributed by atoms with van der Waals surface area (Å²) in [4.78, 5) is 24.3. The zero-order valence-corrected chi connectivity index (χ0v) is 14.6. The number of carbonyl (C=O) groups is 2. The van der Waals surface area contributed by atoms with Gasteiger partial charge in [-0.25, -0.2) is 0 Å². The van der Waals surface area contributed by atoms with Crippen molar-refractivity contribution < 1.29 is 9.59 Å². The van der Waals surface area contributed by atoms with Gasteiger partial charge >= 0.3 is 0 Å². The quantitative estimate of drug-likeness (QED) is 0.501. The Bertz CT molecular complexity index is 937. The summed E-state index contributed by atoms with van der Waals surface area (Å²) in [6.45, 7) is 0. The lowest BCUT2D eigenvalue weighted by molar-refractivity contribution is -0.118. The molecule has 2 amide bonds. The van der Waals surface area contributed by atoms with Gasteiger partial charge in [-0.3, -0.25) is 9.59 Å². The first-order valence-corrected chi connectivity index (χ1v) is 8.72. The molecule has 0 spiro atoms. The number of anilines is 2. The van der Waals surface area contributed by atoms with Crippen LogP contribution in [0.25, 0.3) is 10.4 Å². The molecule has 0 aliphatic carbocycles. The predicted octanol–water partition coefficient (Wildman–Crippen LogP) is 2.73. The van der Waals surface area contributed by atoms with Crippen LogP contribution in [-0.2, 0) is 4.79 Å². The predicted molar refractivity (Wildman–Crippen MR) is 105 cm³/mol. The summed E-state index contributed by atoms with van der Waals surface area (Å²) < 4.78 is 0. The molecule has 0 bridgehead atoms. The number of amides is 2. The van der Waals surface area contributed by atoms with Crippen molar-refractivity contribution in [3.05, 3.63) is 71.1 Å². The van der Waals surface area contributed by atoms with Crippen molar-refractivity contribution in [1.29, 1.82) is 0 Å². The highest BCUT2D eigenvalue weighted by Crippen LogP contribution is 2.32. The molecule has 7 N–H and O–H groups in total. The summed E-state index contributed by atoms with van der Waals surface area (Å²) in [6, 6.07) is 15.2. The van der Waals surface area contributed by atoms with Gasteiger partial charge in [-0.15, -0.1) is 11.3 Å². The molecular formula is C19H18N4O2S. The summed E-state index contributed by atoms with van der Waals surface area (Å²) in [5, 5.41) is 5.09. The lowest BCUT2D eigenvalue weighted by Crippen LogP contribution is -2.28. The van der Waals surface area contributed by atoms with E-state index in [1.54, 1.807) is 41.7 Å². The molecule has 26 heavy (non-hydrogen) atoms. The number of rotatable bonds is 6. The molecule has 1 atom stereocenters. The van der Waals surface area contributed by atoms with Crippen LogP contribution in [0.1, 0.15) is 22.0 Å². The Morgan fingerprint density at radius 2 is 1.73 bits per heavy atom. The fraction of sp³-hybridized carbons (Fsp3) is 0.0526. The Kier molecular flexibility index (Phi) is 4.90. The first kappa shape index (κ1) is 17.5. The van der Waals surface area contributed by atoms with Crippen LogP contribution in [0.3, 0.4) is 0 Å². The summed E-state index contributed by atoms with van der Waals surface area (Å²) in [6.07, 6.45) is 0. The standard InChI is InChI=1S/C19H18N4O2S/c20-14-8-7-13(16-2-1-9-26-16)10-15(14)23-17(19(22)25)11-3-5-12(6-4-11)18(21)24/h1-10,17,23H,20H2,(H2,21,24)(H2,22,25). The maximum absolute atomic E-state index is 12.0. The van der Waals surface area contributed by atoms with E-state index in [0.717, 1.165) is 10.4 Å². The molecular weight excluding hydrogens is 348 g/mol. The Morgan fingerprint density at radius 3 is 2.31 bits per heavy atom. The maximum atomic E-state index is 12.0. The molecule has 0 saturated carbocycles. The highest BCUT2D eigenvalue weighted by molar-refractivity contribution is 7.13. The maximum Gasteiger partial charge on any atom is 0.248 e. The molecule has 7 heteroatoms. The number of thiophene rings is 1. The van der Waals surface area contributed by atoms with Crippen molar-refractivity contribution >= 4 is 34.5 Å². The molecule has 1 unspecified atom stereocenters. The SMILES string of the molecule is NC(=O)c1ccc(C(Nc2cc(-c3cccs3)ccc2N)C(N)=O)cc1. The highest BCUT2D eigenvalue weighted by Gasteiger charge is 2.19. The molecule has 2 aromatic carbocycles. The minimum absolute atomic E-state index is 0.358. The third-order valence-electron chi connectivity index (χ3n) is 3.97. The number of hydrogen-bond acceptors (Lipinski definition) is 5. The van der Waals surface area contributed by atoms with E-state index in [2.05, 4.69) is 5.32 Å². The topological polar surface area (TPSA) is 124 Å². The van der Waals surface area contributed by atoms with E-state index in [1.807, 2.05) is 29.6 Å². The number of nitrogen functional groups attached to an aromatic ring is 1. The zero-order valence-electron chi connectivity index (χ0n) is 13.8. The van der Waals surface area contributed by atoms with E-state index in [-0.39, 0.29) is 0 Å². The Hall–Kier alpha value is -3.32. The Labute approximate surface area is 154 Å². The van der Waals surface area contributed by atoms with E-state index >= 15 is 0 Å². The van der Waals surface area contributed by atoms with Gasteiger partial charge in [-0.05, 0) is 46.8 Å². The number of carbonyl (C=O) groups excluding carboxylic acids is 2. The third-order valence-corrected chi connectivity index (χ3v) is 4.89. The molecule has 6 nitrogen and oxygen atoms in total. The molecule has 0 aliphatic heterocycles. The normalized spacial score (nSPS) is 11.7. The van der Waals surface area contributed by atoms with Crippen molar-refractivity contribution in [3.63, 3.8) is 0 Å². The van der Waals surface area contributed by atoms with Crippen LogP contribution in [-0.4, -0.2) is 11.8 Å². The van der Waals surface area contributed by atoms with Gasteiger partial charge in [0.25, 0.3) is 0 Å². The van der Waals surface area contributed by atoms with Gasteiger partial charge < -0.3 is 22.5 Å². The summed E-state index contributed by atoms with van der Waals surface area (Å²) >= 11 is 1.61. The molecule has 0 fully saturated rings. The van der Waals surface area contributed by atoms with Crippen molar-refractivity contribution in [3.8, 4) is 10.4 Å². The van der Waals surface area contributed by atoms with Crippen molar-refractivity contribution in [2.24, 2.45) is 11.5 Å². The van der Waals surface area contributed by atoms with Crippen LogP contribution < -0.4 is 22.5 Å². The monoisotopic (exact) mass is 366 g/mol. The molecule has 1 heterocycles. The van der Waals surface area contributed by atoms with E-state index in [1.165, 1.54) is 0 Å². The number of hydrogen-bond donors (Lipinski definition) is 4. The molecule has 0 radical (unpaired) electrons. The molecule has 1 aromatic heterocycles. The fourth-order valence-electron chi connectivity index (χ4n) is 2.59. The van der Waals surface area contributed by atoms with Crippen molar-refractivity contribution in [1.82, 2.24) is 0 Å². The van der Waals surface area contributed by atoms with Crippen LogP contribution >= 0.6 is 11.3 Å². The van der Waals surface area contributed by atoms with Crippen LogP contribution in [0.5, 0.6) is 0 Å². The largest absolute Gasteiger partial charge is 0.397 e. The molecule has 132 valence electrons. The van der Waals surface area contributed by atoms with E-state index in [0.29, 0.717) is 22.5 Å². The second-order valence-corrected chi connectivity index (χ2v) is 6.69. The zero-order chi connectivity index (χ0) is 18.7. The average Bonchev–Trinajstić information content (AvgIpc) is 3.15. The van der Waals surface area contributed by atoms with E-state index < -0.39 is 17.9 Å². The highest BCUT2D eigenvalue weighted by atomic mass is 32.1. The molecule has 3 rings (SSSR count). The number of nitrogens with one attached hydrogen (secondary N) is 1. The van der Waals surface area contributed by atoms with Gasteiger partial charge in [0.1, 0.15) is 6.04 Å². The van der Waals surface area contributed by atoms with Gasteiger partial charge in [-0.2, -0.15) is 0 Å². The van der Waals surface area contributed by atoms with Crippen LogP contribution in [0.2, 0.25) is 0 Å². The first-order valence-electron chi connectivity index (χ1n) is 7.84. The summed E-state index contributed by atoms with van der Waals surface area (Å²) in [5.74, 6) is -1.09. The van der Waals surface area contributed by atoms with Gasteiger partial charge in [-0.1, -0.05) is 24.3 Å². The second-order valence-electron chi connectivity index (χ2n) is 5.75. The lowest BCUT2D eigenvalue weighted by Gasteiger charge is -2.19. The van der Waals surface area contributed by atoms with E-state index in [9.17, 15) is 9.59 Å². The average molecular weight is 366 g/mol. The number of primary amides is 2. The smallest absolute Gasteiger partial charge is 0.248 e.